The third kappa shape index (κ3) is 3.80. The predicted octanol–water partition coefficient (Wildman–Crippen LogP) is 2.47. The van der Waals surface area contributed by atoms with Crippen LogP contribution in [0.5, 0.6) is 0 Å². The fourth-order valence-electron chi connectivity index (χ4n) is 1.94. The Balaban J connectivity index is 2.26. The summed E-state index contributed by atoms with van der Waals surface area (Å²) in [4.78, 5) is -0.0815. The first-order chi connectivity index (χ1) is 9.92. The second-order valence-corrected chi connectivity index (χ2v) is 6.34. The molecular weight excluding hydrogens is 293 g/mol. The summed E-state index contributed by atoms with van der Waals surface area (Å²) in [6.07, 6.45) is 0.510. The number of nitrogens with one attached hydrogen (secondary N) is 1. The van der Waals surface area contributed by atoms with Gasteiger partial charge in [0.1, 0.15) is 5.82 Å². The lowest BCUT2D eigenvalue weighted by atomic mass is 10.1. The van der Waals surface area contributed by atoms with Crippen molar-refractivity contribution in [3.05, 3.63) is 59.4 Å². The van der Waals surface area contributed by atoms with Crippen molar-refractivity contribution in [2.45, 2.75) is 18.2 Å². The number of hydrogen-bond acceptors (Lipinski definition) is 3. The maximum atomic E-state index is 13.2. The second-order valence-electron chi connectivity index (χ2n) is 4.69. The lowest BCUT2D eigenvalue weighted by Gasteiger charge is -2.11. The summed E-state index contributed by atoms with van der Waals surface area (Å²) in [6.45, 7) is 1.64. The smallest absolute Gasteiger partial charge is 0.262 e. The topological polar surface area (TPSA) is 66.4 Å². The molecule has 2 aromatic carbocycles. The van der Waals surface area contributed by atoms with Crippen molar-refractivity contribution in [3.8, 4) is 0 Å². The molecule has 4 nitrogen and oxygen atoms in total. The molecule has 0 spiro atoms. The van der Waals surface area contributed by atoms with Gasteiger partial charge in [0.25, 0.3) is 10.0 Å². The molecule has 0 aliphatic carbocycles. The van der Waals surface area contributed by atoms with Crippen LogP contribution in [0.1, 0.15) is 11.1 Å². The lowest BCUT2D eigenvalue weighted by Crippen LogP contribution is -2.14. The van der Waals surface area contributed by atoms with Gasteiger partial charge in [-0.2, -0.15) is 0 Å². The summed E-state index contributed by atoms with van der Waals surface area (Å²) >= 11 is 0. The lowest BCUT2D eigenvalue weighted by molar-refractivity contribution is 0.299. The number of aryl methyl sites for hydroxylation is 1. The molecule has 2 aromatic rings. The molecule has 0 aromatic heterocycles. The summed E-state index contributed by atoms with van der Waals surface area (Å²) in [5.41, 5.74) is 1.77. The van der Waals surface area contributed by atoms with E-state index in [1.54, 1.807) is 31.2 Å². The number of aliphatic hydroxyl groups is 1. The minimum atomic E-state index is -3.83. The fraction of sp³-hybridized carbons (Fsp3) is 0.200. The van der Waals surface area contributed by atoms with E-state index in [1.165, 1.54) is 12.1 Å². The van der Waals surface area contributed by atoms with Gasteiger partial charge in [0.2, 0.25) is 0 Å². The van der Waals surface area contributed by atoms with E-state index < -0.39 is 15.8 Å². The molecule has 0 aliphatic rings. The van der Waals surface area contributed by atoms with Gasteiger partial charge in [0, 0.05) is 12.3 Å². The normalized spacial score (nSPS) is 11.4. The molecule has 21 heavy (non-hydrogen) atoms. The molecule has 0 unspecified atom stereocenters. The number of rotatable bonds is 5. The van der Waals surface area contributed by atoms with E-state index in [0.717, 1.165) is 11.6 Å². The van der Waals surface area contributed by atoms with Crippen LogP contribution < -0.4 is 4.72 Å². The van der Waals surface area contributed by atoms with E-state index in [9.17, 15) is 12.8 Å². The number of benzene rings is 2. The second kappa shape index (κ2) is 6.24. The van der Waals surface area contributed by atoms with Crippen LogP contribution in [0.3, 0.4) is 0 Å². The molecule has 0 radical (unpaired) electrons. The first-order valence-corrected chi connectivity index (χ1v) is 7.89. The van der Waals surface area contributed by atoms with Crippen LogP contribution in [-0.4, -0.2) is 20.1 Å². The minimum absolute atomic E-state index is 0.0353. The number of sulfonamides is 1. The Hall–Kier alpha value is -1.92. The summed E-state index contributed by atoms with van der Waals surface area (Å²) < 4.78 is 40.2. The van der Waals surface area contributed by atoms with Crippen molar-refractivity contribution < 1.29 is 17.9 Å². The van der Waals surface area contributed by atoms with E-state index in [0.29, 0.717) is 17.7 Å². The molecule has 0 atom stereocenters. The van der Waals surface area contributed by atoms with Gasteiger partial charge in [-0.05, 0) is 48.7 Å². The maximum absolute atomic E-state index is 13.2. The monoisotopic (exact) mass is 309 g/mol. The molecule has 0 bridgehead atoms. The van der Waals surface area contributed by atoms with Crippen LogP contribution in [0.4, 0.5) is 10.1 Å². The van der Waals surface area contributed by atoms with E-state index in [4.69, 9.17) is 5.11 Å². The molecule has 0 fully saturated rings. The molecule has 0 aliphatic heterocycles. The highest BCUT2D eigenvalue weighted by Crippen LogP contribution is 2.20. The van der Waals surface area contributed by atoms with Gasteiger partial charge in [0.05, 0.1) is 4.90 Å². The van der Waals surface area contributed by atoms with Gasteiger partial charge in [0.15, 0.2) is 0 Å². The molecule has 6 heteroatoms. The zero-order chi connectivity index (χ0) is 15.5. The SMILES string of the molecule is Cc1ccc(F)cc1S(=O)(=O)Nc1ccc(CCO)cc1. The van der Waals surface area contributed by atoms with Crippen LogP contribution in [0.25, 0.3) is 0 Å². The van der Waals surface area contributed by atoms with Gasteiger partial charge < -0.3 is 5.11 Å². The molecule has 0 saturated carbocycles. The van der Waals surface area contributed by atoms with Crippen LogP contribution in [-0.2, 0) is 16.4 Å². The Bertz CT molecular complexity index is 727. The Morgan fingerprint density at radius 1 is 1.14 bits per heavy atom. The first kappa shape index (κ1) is 15.5. The van der Waals surface area contributed by atoms with Crippen LogP contribution in [0, 0.1) is 12.7 Å². The van der Waals surface area contributed by atoms with Gasteiger partial charge in [-0.25, -0.2) is 12.8 Å². The minimum Gasteiger partial charge on any atom is -0.396 e. The number of anilines is 1. The van der Waals surface area contributed by atoms with Crippen molar-refractivity contribution in [2.75, 3.05) is 11.3 Å². The number of aliphatic hydroxyl groups excluding tert-OH is 1. The molecule has 2 N–H and O–H groups in total. The standard InChI is InChI=1S/C15H16FNO3S/c1-11-2-5-13(16)10-15(11)21(19,20)17-14-6-3-12(4-7-14)8-9-18/h2-7,10,17-18H,8-9H2,1H3. The van der Waals surface area contributed by atoms with Crippen molar-refractivity contribution in [2.24, 2.45) is 0 Å². The first-order valence-electron chi connectivity index (χ1n) is 6.41. The van der Waals surface area contributed by atoms with E-state index in [1.807, 2.05) is 0 Å². The zero-order valence-electron chi connectivity index (χ0n) is 11.5. The highest BCUT2D eigenvalue weighted by atomic mass is 32.2. The van der Waals surface area contributed by atoms with E-state index >= 15 is 0 Å². The molecule has 0 amide bonds. The Morgan fingerprint density at radius 2 is 1.81 bits per heavy atom. The number of halogens is 1. The third-order valence-electron chi connectivity index (χ3n) is 3.05. The molecule has 2 rings (SSSR count). The molecule has 0 heterocycles. The van der Waals surface area contributed by atoms with Gasteiger partial charge in [-0.3, -0.25) is 4.72 Å². The van der Waals surface area contributed by atoms with E-state index in [-0.39, 0.29) is 11.5 Å². The van der Waals surface area contributed by atoms with Crippen LogP contribution >= 0.6 is 0 Å². The maximum Gasteiger partial charge on any atom is 0.262 e. The van der Waals surface area contributed by atoms with Crippen molar-refractivity contribution >= 4 is 15.7 Å². The van der Waals surface area contributed by atoms with E-state index in [2.05, 4.69) is 4.72 Å². The van der Waals surface area contributed by atoms with Crippen molar-refractivity contribution in [1.29, 1.82) is 0 Å². The Kier molecular flexibility index (Phi) is 4.59. The quantitative estimate of drug-likeness (QED) is 0.891. The highest BCUT2D eigenvalue weighted by molar-refractivity contribution is 7.92. The molecule has 112 valence electrons. The van der Waals surface area contributed by atoms with Crippen molar-refractivity contribution in [1.82, 2.24) is 0 Å². The Morgan fingerprint density at radius 3 is 2.43 bits per heavy atom. The van der Waals surface area contributed by atoms with Gasteiger partial charge >= 0.3 is 0 Å². The fourth-order valence-corrected chi connectivity index (χ4v) is 3.26. The van der Waals surface area contributed by atoms with Crippen molar-refractivity contribution in [3.63, 3.8) is 0 Å². The summed E-state index contributed by atoms with van der Waals surface area (Å²) in [5.74, 6) is -0.598. The number of hydrogen-bond donors (Lipinski definition) is 2. The Labute approximate surface area is 123 Å². The average molecular weight is 309 g/mol. The van der Waals surface area contributed by atoms with Gasteiger partial charge in [-0.15, -0.1) is 0 Å². The van der Waals surface area contributed by atoms with Crippen LogP contribution in [0.15, 0.2) is 47.4 Å². The summed E-state index contributed by atoms with van der Waals surface area (Å²) in [6, 6.07) is 10.3. The third-order valence-corrected chi connectivity index (χ3v) is 4.57. The predicted molar refractivity (Wildman–Crippen MR) is 79.2 cm³/mol. The zero-order valence-corrected chi connectivity index (χ0v) is 12.3. The average Bonchev–Trinajstić information content (AvgIpc) is 2.43. The summed E-state index contributed by atoms with van der Waals surface area (Å²) in [7, 11) is -3.83. The summed E-state index contributed by atoms with van der Waals surface area (Å²) in [5, 5.41) is 8.83. The molecule has 0 saturated heterocycles. The largest absolute Gasteiger partial charge is 0.396 e. The highest BCUT2D eigenvalue weighted by Gasteiger charge is 2.17. The van der Waals surface area contributed by atoms with Gasteiger partial charge in [-0.1, -0.05) is 18.2 Å². The van der Waals surface area contributed by atoms with Crippen LogP contribution in [0.2, 0.25) is 0 Å². The molecular formula is C15H16FNO3S.